The Balaban J connectivity index is 2.53. The number of fused-ring (bicyclic) bond motifs is 1. The van der Waals surface area contributed by atoms with Crippen LogP contribution in [0.25, 0.3) is 0 Å². The molecule has 10 nitrogen and oxygen atoms in total. The van der Waals surface area contributed by atoms with Gasteiger partial charge in [-0.1, -0.05) is 103 Å². The number of rotatable bonds is 16. The SMILES string of the molecule is C=CCOC(=O)C(C(=O)OCC=C)(c1ccccc1[N+](=O)[O-])C1(CCO[Si](C(C)C)(C(C)C)C(C)C)C(=O)N(C)c2ccccc21. The largest absolute Gasteiger partial charge is 0.460 e. The predicted octanol–water partition coefficient (Wildman–Crippen LogP) is 6.79. The fourth-order valence-electron chi connectivity index (χ4n) is 7.63. The molecule has 46 heavy (non-hydrogen) atoms. The maximum absolute atomic E-state index is 15.0. The van der Waals surface area contributed by atoms with Gasteiger partial charge in [-0.25, -0.2) is 0 Å². The molecule has 1 unspecified atom stereocenters. The van der Waals surface area contributed by atoms with Crippen molar-refractivity contribution in [2.75, 3.05) is 31.8 Å². The van der Waals surface area contributed by atoms with Crippen LogP contribution in [-0.2, 0) is 39.1 Å². The average Bonchev–Trinajstić information content (AvgIpc) is 3.23. The number of carbonyl (C=O) groups excluding carboxylic acids is 3. The predicted molar refractivity (Wildman–Crippen MR) is 180 cm³/mol. The third-order valence-corrected chi connectivity index (χ3v) is 15.5. The summed E-state index contributed by atoms with van der Waals surface area (Å²) in [5, 5.41) is 12.6. The van der Waals surface area contributed by atoms with Gasteiger partial charge < -0.3 is 18.8 Å². The Morgan fingerprint density at radius 1 is 0.935 bits per heavy atom. The van der Waals surface area contributed by atoms with E-state index in [1.165, 1.54) is 41.3 Å². The summed E-state index contributed by atoms with van der Waals surface area (Å²) in [4.78, 5) is 57.7. The molecule has 1 heterocycles. The van der Waals surface area contributed by atoms with Crippen LogP contribution < -0.4 is 4.90 Å². The van der Waals surface area contributed by atoms with Gasteiger partial charge in [0.05, 0.1) is 10.5 Å². The first kappa shape index (κ1) is 36.4. The van der Waals surface area contributed by atoms with E-state index in [4.69, 9.17) is 13.9 Å². The summed E-state index contributed by atoms with van der Waals surface area (Å²) >= 11 is 0. The molecule has 3 rings (SSSR count). The highest BCUT2D eigenvalue weighted by Gasteiger charge is 2.73. The molecule has 1 aliphatic heterocycles. The fourth-order valence-corrected chi connectivity index (χ4v) is 13.1. The number of nitro benzene ring substituents is 1. The number of benzene rings is 2. The minimum atomic E-state index is -2.66. The van der Waals surface area contributed by atoms with Crippen LogP contribution in [-0.4, -0.2) is 58.0 Å². The van der Waals surface area contributed by atoms with Crippen LogP contribution in [0, 0.1) is 10.1 Å². The zero-order valence-electron chi connectivity index (χ0n) is 27.9. The maximum Gasteiger partial charge on any atom is 0.330 e. The summed E-state index contributed by atoms with van der Waals surface area (Å²) < 4.78 is 18.2. The highest BCUT2D eigenvalue weighted by atomic mass is 28.4. The lowest BCUT2D eigenvalue weighted by atomic mass is 9.55. The fraction of sp³-hybridized carbons (Fsp3) is 0.457. The number of hydrogen-bond donors (Lipinski definition) is 0. The number of esters is 2. The zero-order chi connectivity index (χ0) is 34.4. The molecule has 0 N–H and O–H groups in total. The van der Waals surface area contributed by atoms with Crippen molar-refractivity contribution in [2.24, 2.45) is 0 Å². The Labute approximate surface area is 272 Å². The second kappa shape index (κ2) is 14.6. The molecule has 0 bridgehead atoms. The summed E-state index contributed by atoms with van der Waals surface area (Å²) in [6.45, 7) is 19.4. The number of nitro groups is 1. The lowest BCUT2D eigenvalue weighted by molar-refractivity contribution is -0.386. The number of carbonyl (C=O) groups is 3. The highest BCUT2D eigenvalue weighted by Crippen LogP contribution is 2.58. The van der Waals surface area contributed by atoms with E-state index in [-0.39, 0.29) is 48.4 Å². The Morgan fingerprint density at radius 3 is 1.93 bits per heavy atom. The number of ether oxygens (including phenoxy) is 2. The van der Waals surface area contributed by atoms with Gasteiger partial charge >= 0.3 is 11.9 Å². The van der Waals surface area contributed by atoms with Crippen molar-refractivity contribution in [1.29, 1.82) is 0 Å². The van der Waals surface area contributed by atoms with Crippen LogP contribution in [0.1, 0.15) is 59.1 Å². The summed E-state index contributed by atoms with van der Waals surface area (Å²) in [5.74, 6) is -2.96. The van der Waals surface area contributed by atoms with Gasteiger partial charge in [0, 0.05) is 25.4 Å². The van der Waals surface area contributed by atoms with Crippen molar-refractivity contribution in [3.63, 3.8) is 0 Å². The van der Waals surface area contributed by atoms with Crippen LogP contribution in [0.5, 0.6) is 0 Å². The third-order valence-electron chi connectivity index (χ3n) is 9.35. The molecule has 0 spiro atoms. The zero-order valence-corrected chi connectivity index (χ0v) is 28.9. The molecular weight excluding hydrogens is 604 g/mol. The van der Waals surface area contributed by atoms with Crippen molar-refractivity contribution in [2.45, 2.75) is 75.4 Å². The van der Waals surface area contributed by atoms with E-state index in [9.17, 15) is 24.5 Å². The van der Waals surface area contributed by atoms with Crippen molar-refractivity contribution in [3.05, 3.63) is 95.1 Å². The number of hydrogen-bond acceptors (Lipinski definition) is 8. The smallest absolute Gasteiger partial charge is 0.330 e. The van der Waals surface area contributed by atoms with Gasteiger partial charge in [-0.05, 0) is 34.7 Å². The molecule has 0 aromatic heterocycles. The molecule has 248 valence electrons. The second-order valence-electron chi connectivity index (χ2n) is 12.5. The van der Waals surface area contributed by atoms with Crippen molar-refractivity contribution >= 4 is 37.5 Å². The van der Waals surface area contributed by atoms with Crippen molar-refractivity contribution in [3.8, 4) is 0 Å². The summed E-state index contributed by atoms with van der Waals surface area (Å²) in [5.41, 5.74) is -4.20. The number of likely N-dealkylation sites (N-methyl/N-ethyl adjacent to an activating group) is 1. The molecule has 0 fully saturated rings. The monoisotopic (exact) mass is 650 g/mol. The minimum absolute atomic E-state index is 0.0134. The third kappa shape index (κ3) is 5.70. The molecule has 2 aromatic rings. The van der Waals surface area contributed by atoms with Gasteiger partial charge in [0.25, 0.3) is 5.69 Å². The first-order valence-electron chi connectivity index (χ1n) is 15.5. The van der Waals surface area contributed by atoms with E-state index in [1.807, 2.05) is 0 Å². The highest BCUT2D eigenvalue weighted by molar-refractivity contribution is 6.77. The molecule has 1 amide bonds. The first-order chi connectivity index (χ1) is 21.7. The molecule has 2 aromatic carbocycles. The number of para-hydroxylation sites is 2. The van der Waals surface area contributed by atoms with E-state index in [0.717, 1.165) is 0 Å². The molecule has 0 saturated heterocycles. The lowest BCUT2D eigenvalue weighted by Crippen LogP contribution is -2.65. The van der Waals surface area contributed by atoms with Gasteiger partial charge in [0.15, 0.2) is 8.32 Å². The van der Waals surface area contributed by atoms with E-state index in [0.29, 0.717) is 11.3 Å². The molecular formula is C35H46N2O8Si. The molecule has 0 radical (unpaired) electrons. The summed E-state index contributed by atoms with van der Waals surface area (Å²) in [6.07, 6.45) is 2.46. The van der Waals surface area contributed by atoms with E-state index in [1.54, 1.807) is 31.3 Å². The Kier molecular flexibility index (Phi) is 11.5. The van der Waals surface area contributed by atoms with Crippen molar-refractivity contribution in [1.82, 2.24) is 0 Å². The number of anilines is 1. The molecule has 11 heteroatoms. The number of nitrogens with zero attached hydrogens (tertiary/aromatic N) is 2. The Hall–Kier alpha value is -4.09. The number of amides is 1. The van der Waals surface area contributed by atoms with E-state index < -0.39 is 47.6 Å². The van der Waals surface area contributed by atoms with Gasteiger partial charge in [-0.2, -0.15) is 0 Å². The Bertz CT molecular complexity index is 1440. The van der Waals surface area contributed by atoms with Crippen molar-refractivity contribution < 1.29 is 33.2 Å². The quantitative estimate of drug-likeness (QED) is 0.0486. The standard InChI is InChI=1S/C35H46N2O8Si/c1-10-21-43-32(39)35(33(40)44-22-11-2,28-17-13-15-19-30(28)37(41)42)34(27-16-12-14-18-29(27)36(9)31(34)38)20-23-45-46(24(3)4,25(5)6)26(7)8/h10-19,24-26H,1-2,20-23H2,3-9H3. The van der Waals surface area contributed by atoms with E-state index in [2.05, 4.69) is 54.7 Å². The molecule has 0 saturated carbocycles. The Morgan fingerprint density at radius 2 is 1.43 bits per heavy atom. The minimum Gasteiger partial charge on any atom is -0.460 e. The second-order valence-corrected chi connectivity index (χ2v) is 18.0. The van der Waals surface area contributed by atoms with Crippen LogP contribution in [0.3, 0.4) is 0 Å². The van der Waals surface area contributed by atoms with E-state index >= 15 is 0 Å². The summed E-state index contributed by atoms with van der Waals surface area (Å²) in [6, 6.07) is 12.2. The lowest BCUT2D eigenvalue weighted by Gasteiger charge is -2.46. The van der Waals surface area contributed by atoms with Gasteiger partial charge in [0.1, 0.15) is 18.6 Å². The van der Waals surface area contributed by atoms with Crippen LogP contribution in [0.2, 0.25) is 16.6 Å². The van der Waals surface area contributed by atoms with Gasteiger partial charge in [0.2, 0.25) is 11.3 Å². The average molecular weight is 651 g/mol. The van der Waals surface area contributed by atoms with Gasteiger partial charge in [-0.15, -0.1) is 0 Å². The van der Waals surface area contributed by atoms with Crippen LogP contribution in [0.15, 0.2) is 73.8 Å². The summed E-state index contributed by atoms with van der Waals surface area (Å²) in [7, 11) is -0.970. The van der Waals surface area contributed by atoms with Gasteiger partial charge in [-0.3, -0.25) is 24.5 Å². The topological polar surface area (TPSA) is 125 Å². The molecule has 1 aliphatic rings. The van der Waals surface area contributed by atoms with Crippen LogP contribution >= 0.6 is 0 Å². The molecule has 1 atom stereocenters. The first-order valence-corrected chi connectivity index (χ1v) is 17.7. The van der Waals surface area contributed by atoms with Crippen LogP contribution in [0.4, 0.5) is 11.4 Å². The normalized spacial score (nSPS) is 16.5. The molecule has 0 aliphatic carbocycles. The maximum atomic E-state index is 15.0.